The number of benzene rings is 1. The minimum atomic E-state index is 0.167. The average molecular weight is 327 g/mol. The standard InChI is InChI=1S/C15H19ClN2O4/c1-4-19-11-7-10(15-18-17-13(9-16)22-15)8-12(20-5-2)14(11)21-6-3/h7-8H,4-6,9H2,1-3H3. The molecule has 1 aromatic carbocycles. The molecular weight excluding hydrogens is 308 g/mol. The van der Waals surface area contributed by atoms with Crippen LogP contribution in [0, 0.1) is 0 Å². The Labute approximate surface area is 134 Å². The lowest BCUT2D eigenvalue weighted by Crippen LogP contribution is -2.03. The van der Waals surface area contributed by atoms with Gasteiger partial charge in [0.25, 0.3) is 0 Å². The molecule has 0 radical (unpaired) electrons. The van der Waals surface area contributed by atoms with E-state index in [1.807, 2.05) is 20.8 Å². The SMILES string of the molecule is CCOc1cc(-c2nnc(CCl)o2)cc(OCC)c1OCC. The van der Waals surface area contributed by atoms with E-state index in [4.69, 9.17) is 30.2 Å². The van der Waals surface area contributed by atoms with Gasteiger partial charge in [0.2, 0.25) is 17.5 Å². The van der Waals surface area contributed by atoms with Crippen molar-refractivity contribution in [3.05, 3.63) is 18.0 Å². The molecule has 0 spiro atoms. The monoisotopic (exact) mass is 326 g/mol. The molecule has 1 aromatic heterocycles. The van der Waals surface area contributed by atoms with Crippen molar-refractivity contribution in [2.75, 3.05) is 19.8 Å². The van der Waals surface area contributed by atoms with Crippen molar-refractivity contribution in [2.45, 2.75) is 26.7 Å². The highest BCUT2D eigenvalue weighted by Gasteiger charge is 2.18. The molecule has 0 saturated carbocycles. The first kappa shape index (κ1) is 16.4. The summed E-state index contributed by atoms with van der Waals surface area (Å²) in [5.74, 6) is 2.63. The van der Waals surface area contributed by atoms with Crippen LogP contribution in [0.15, 0.2) is 16.5 Å². The lowest BCUT2D eigenvalue weighted by atomic mass is 10.2. The first-order valence-corrected chi connectivity index (χ1v) is 7.72. The minimum Gasteiger partial charge on any atom is -0.490 e. The topological polar surface area (TPSA) is 66.6 Å². The van der Waals surface area contributed by atoms with Crippen molar-refractivity contribution >= 4 is 11.6 Å². The Morgan fingerprint density at radius 1 is 0.955 bits per heavy atom. The van der Waals surface area contributed by atoms with Crippen LogP contribution in [-0.2, 0) is 5.88 Å². The molecular formula is C15H19ClN2O4. The molecule has 120 valence electrons. The van der Waals surface area contributed by atoms with Crippen molar-refractivity contribution in [3.63, 3.8) is 0 Å². The van der Waals surface area contributed by atoms with Crippen LogP contribution >= 0.6 is 11.6 Å². The van der Waals surface area contributed by atoms with Gasteiger partial charge >= 0.3 is 0 Å². The summed E-state index contributed by atoms with van der Waals surface area (Å²) in [4.78, 5) is 0. The summed E-state index contributed by atoms with van der Waals surface area (Å²) in [6.07, 6.45) is 0. The molecule has 0 saturated heterocycles. The van der Waals surface area contributed by atoms with Gasteiger partial charge in [-0.3, -0.25) is 0 Å². The summed E-state index contributed by atoms with van der Waals surface area (Å²) in [7, 11) is 0. The molecule has 0 N–H and O–H groups in total. The molecule has 0 aliphatic heterocycles. The highest BCUT2D eigenvalue weighted by atomic mass is 35.5. The van der Waals surface area contributed by atoms with Crippen LogP contribution in [0.3, 0.4) is 0 Å². The summed E-state index contributed by atoms with van der Waals surface area (Å²) in [5.41, 5.74) is 0.694. The van der Waals surface area contributed by atoms with Gasteiger partial charge in [-0.05, 0) is 32.9 Å². The van der Waals surface area contributed by atoms with Crippen LogP contribution in [0.5, 0.6) is 17.2 Å². The lowest BCUT2D eigenvalue weighted by molar-refractivity contribution is 0.261. The van der Waals surface area contributed by atoms with Crippen LogP contribution in [0.1, 0.15) is 26.7 Å². The molecule has 2 aromatic rings. The Hall–Kier alpha value is -1.95. The number of hydrogen-bond acceptors (Lipinski definition) is 6. The van der Waals surface area contributed by atoms with Gasteiger partial charge < -0.3 is 18.6 Å². The van der Waals surface area contributed by atoms with Crippen molar-refractivity contribution in [2.24, 2.45) is 0 Å². The summed E-state index contributed by atoms with van der Waals surface area (Å²) in [6, 6.07) is 3.59. The zero-order valence-electron chi connectivity index (χ0n) is 12.9. The van der Waals surface area contributed by atoms with Crippen LogP contribution in [0.2, 0.25) is 0 Å². The average Bonchev–Trinajstić information content (AvgIpc) is 2.99. The largest absolute Gasteiger partial charge is 0.490 e. The second kappa shape index (κ2) is 7.89. The fourth-order valence-electron chi connectivity index (χ4n) is 1.94. The number of aromatic nitrogens is 2. The molecule has 1 heterocycles. The van der Waals surface area contributed by atoms with Crippen LogP contribution < -0.4 is 14.2 Å². The van der Waals surface area contributed by atoms with E-state index in [-0.39, 0.29) is 5.88 Å². The zero-order valence-corrected chi connectivity index (χ0v) is 13.6. The van der Waals surface area contributed by atoms with Gasteiger partial charge in [0.15, 0.2) is 11.5 Å². The molecule has 7 heteroatoms. The Bertz CT molecular complexity index is 588. The number of halogens is 1. The second-order valence-corrected chi connectivity index (χ2v) is 4.50. The van der Waals surface area contributed by atoms with Gasteiger partial charge in [0, 0.05) is 5.56 Å². The van der Waals surface area contributed by atoms with E-state index in [2.05, 4.69) is 10.2 Å². The fourth-order valence-corrected chi connectivity index (χ4v) is 2.04. The molecule has 2 rings (SSSR count). The number of hydrogen-bond donors (Lipinski definition) is 0. The Morgan fingerprint density at radius 2 is 1.55 bits per heavy atom. The van der Waals surface area contributed by atoms with Crippen molar-refractivity contribution in [1.82, 2.24) is 10.2 Å². The molecule has 0 aliphatic carbocycles. The van der Waals surface area contributed by atoms with Gasteiger partial charge in [-0.2, -0.15) is 0 Å². The van der Waals surface area contributed by atoms with Gasteiger partial charge in [0.1, 0.15) is 5.88 Å². The number of alkyl halides is 1. The third kappa shape index (κ3) is 3.62. The molecule has 0 bridgehead atoms. The van der Waals surface area contributed by atoms with E-state index in [9.17, 15) is 0 Å². The summed E-state index contributed by atoms with van der Waals surface area (Å²) >= 11 is 5.69. The maximum Gasteiger partial charge on any atom is 0.248 e. The Balaban J connectivity index is 2.49. The third-order valence-electron chi connectivity index (χ3n) is 2.74. The molecule has 0 fully saturated rings. The van der Waals surface area contributed by atoms with Crippen molar-refractivity contribution in [1.29, 1.82) is 0 Å². The normalized spacial score (nSPS) is 10.5. The molecule has 6 nitrogen and oxygen atoms in total. The minimum absolute atomic E-state index is 0.167. The molecule has 0 unspecified atom stereocenters. The quantitative estimate of drug-likeness (QED) is 0.689. The van der Waals surface area contributed by atoms with Crippen molar-refractivity contribution < 1.29 is 18.6 Å². The smallest absolute Gasteiger partial charge is 0.248 e. The first-order chi connectivity index (χ1) is 10.7. The third-order valence-corrected chi connectivity index (χ3v) is 2.97. The molecule has 0 aliphatic rings. The lowest BCUT2D eigenvalue weighted by Gasteiger charge is -2.16. The van der Waals surface area contributed by atoms with Crippen LogP contribution in [0.25, 0.3) is 11.5 Å². The van der Waals surface area contributed by atoms with E-state index in [1.54, 1.807) is 12.1 Å². The van der Waals surface area contributed by atoms with Crippen molar-refractivity contribution in [3.8, 4) is 28.7 Å². The number of rotatable bonds is 8. The highest BCUT2D eigenvalue weighted by Crippen LogP contribution is 2.41. The predicted octanol–water partition coefficient (Wildman–Crippen LogP) is 3.67. The van der Waals surface area contributed by atoms with Gasteiger partial charge in [-0.15, -0.1) is 21.8 Å². The number of nitrogens with zero attached hydrogens (tertiary/aromatic N) is 2. The first-order valence-electron chi connectivity index (χ1n) is 7.18. The fraction of sp³-hybridized carbons (Fsp3) is 0.467. The molecule has 0 atom stereocenters. The maximum absolute atomic E-state index is 5.69. The van der Waals surface area contributed by atoms with E-state index >= 15 is 0 Å². The van der Waals surface area contributed by atoms with Gasteiger partial charge in [-0.1, -0.05) is 0 Å². The van der Waals surface area contributed by atoms with Gasteiger partial charge in [-0.25, -0.2) is 0 Å². The molecule has 22 heavy (non-hydrogen) atoms. The Morgan fingerprint density at radius 3 is 2.00 bits per heavy atom. The summed E-state index contributed by atoms with van der Waals surface area (Å²) in [5, 5.41) is 7.84. The Kier molecular flexibility index (Phi) is 5.89. The van der Waals surface area contributed by atoms with E-state index in [0.717, 1.165) is 0 Å². The highest BCUT2D eigenvalue weighted by molar-refractivity contribution is 6.16. The second-order valence-electron chi connectivity index (χ2n) is 4.24. The summed E-state index contributed by atoms with van der Waals surface area (Å²) in [6.45, 7) is 7.24. The maximum atomic E-state index is 5.69. The van der Waals surface area contributed by atoms with E-state index < -0.39 is 0 Å². The molecule has 0 amide bonds. The van der Waals surface area contributed by atoms with E-state index in [1.165, 1.54) is 0 Å². The van der Waals surface area contributed by atoms with Crippen LogP contribution in [-0.4, -0.2) is 30.0 Å². The van der Waals surface area contributed by atoms with E-state index in [0.29, 0.717) is 54.4 Å². The summed E-state index contributed by atoms with van der Waals surface area (Å²) < 4.78 is 22.4. The van der Waals surface area contributed by atoms with Gasteiger partial charge in [0.05, 0.1) is 19.8 Å². The zero-order chi connectivity index (χ0) is 15.9. The predicted molar refractivity (Wildman–Crippen MR) is 82.8 cm³/mol. The van der Waals surface area contributed by atoms with Crippen LogP contribution in [0.4, 0.5) is 0 Å². The number of ether oxygens (including phenoxy) is 3.